The molecule has 1 heterocycles. The van der Waals surface area contributed by atoms with Crippen LogP contribution < -0.4 is 4.74 Å². The van der Waals surface area contributed by atoms with E-state index in [1.807, 2.05) is 78.9 Å². The number of cyclic esters (lactones) is 1. The third-order valence-corrected chi connectivity index (χ3v) is 4.63. The summed E-state index contributed by atoms with van der Waals surface area (Å²) in [6.45, 7) is 0.419. The standard InChI is InChI=1S/C23H16BrNO3/c24-19-11-6-7-16(13-19)15-27-21-12-5-4-10-18(21)14-20-23(26)28-22(25-20)17-8-2-1-3-9-17/h1-14H,15H2/b20-14-. The fraction of sp³-hybridized carbons (Fsp3) is 0.0435. The van der Waals surface area contributed by atoms with Crippen LogP contribution in [0.3, 0.4) is 0 Å². The molecule has 0 atom stereocenters. The van der Waals surface area contributed by atoms with Gasteiger partial charge < -0.3 is 9.47 Å². The lowest BCUT2D eigenvalue weighted by molar-refractivity contribution is -0.129. The van der Waals surface area contributed by atoms with E-state index in [-0.39, 0.29) is 5.70 Å². The van der Waals surface area contributed by atoms with E-state index >= 15 is 0 Å². The van der Waals surface area contributed by atoms with Gasteiger partial charge in [0.15, 0.2) is 5.70 Å². The van der Waals surface area contributed by atoms with E-state index in [0.29, 0.717) is 18.3 Å². The molecule has 1 aliphatic heterocycles. The molecule has 4 rings (SSSR count). The Hall–Kier alpha value is -3.18. The van der Waals surface area contributed by atoms with Crippen molar-refractivity contribution in [1.82, 2.24) is 0 Å². The lowest BCUT2D eigenvalue weighted by Gasteiger charge is -2.09. The highest BCUT2D eigenvalue weighted by Gasteiger charge is 2.24. The van der Waals surface area contributed by atoms with Crippen molar-refractivity contribution >= 4 is 33.9 Å². The lowest BCUT2D eigenvalue weighted by Crippen LogP contribution is -2.05. The molecule has 28 heavy (non-hydrogen) atoms. The maximum atomic E-state index is 12.2. The topological polar surface area (TPSA) is 47.9 Å². The number of halogens is 1. The Morgan fingerprint density at radius 3 is 2.57 bits per heavy atom. The van der Waals surface area contributed by atoms with Crippen molar-refractivity contribution in [3.63, 3.8) is 0 Å². The second kappa shape index (κ2) is 8.23. The highest BCUT2D eigenvalue weighted by Crippen LogP contribution is 2.25. The third-order valence-electron chi connectivity index (χ3n) is 4.14. The number of ether oxygens (including phenoxy) is 2. The Bertz CT molecular complexity index is 1070. The molecule has 0 spiro atoms. The van der Waals surface area contributed by atoms with Gasteiger partial charge in [0.25, 0.3) is 0 Å². The Morgan fingerprint density at radius 1 is 0.964 bits per heavy atom. The van der Waals surface area contributed by atoms with E-state index in [1.54, 1.807) is 6.08 Å². The van der Waals surface area contributed by atoms with Crippen molar-refractivity contribution < 1.29 is 14.3 Å². The van der Waals surface area contributed by atoms with Gasteiger partial charge in [-0.1, -0.05) is 64.5 Å². The SMILES string of the molecule is O=C1OC(c2ccccc2)=N/C1=C\c1ccccc1OCc1cccc(Br)c1. The maximum Gasteiger partial charge on any atom is 0.363 e. The number of hydrogen-bond donors (Lipinski definition) is 0. The van der Waals surface area contributed by atoms with Gasteiger partial charge in [-0.2, -0.15) is 0 Å². The van der Waals surface area contributed by atoms with Gasteiger partial charge in [-0.05, 0) is 42.0 Å². The smallest absolute Gasteiger partial charge is 0.363 e. The molecular weight excluding hydrogens is 418 g/mol. The van der Waals surface area contributed by atoms with E-state index < -0.39 is 5.97 Å². The van der Waals surface area contributed by atoms with E-state index in [4.69, 9.17) is 9.47 Å². The summed E-state index contributed by atoms with van der Waals surface area (Å²) in [5, 5.41) is 0. The molecule has 0 bridgehead atoms. The van der Waals surface area contributed by atoms with Crippen LogP contribution in [-0.4, -0.2) is 11.9 Å². The van der Waals surface area contributed by atoms with Gasteiger partial charge >= 0.3 is 5.97 Å². The van der Waals surface area contributed by atoms with Gasteiger partial charge in [-0.15, -0.1) is 0 Å². The number of esters is 1. The zero-order chi connectivity index (χ0) is 19.3. The van der Waals surface area contributed by atoms with Crippen LogP contribution in [-0.2, 0) is 16.1 Å². The van der Waals surface area contributed by atoms with E-state index in [2.05, 4.69) is 20.9 Å². The monoisotopic (exact) mass is 433 g/mol. The molecule has 0 radical (unpaired) electrons. The average Bonchev–Trinajstić information content (AvgIpc) is 3.08. The van der Waals surface area contributed by atoms with Gasteiger partial charge in [-0.3, -0.25) is 0 Å². The van der Waals surface area contributed by atoms with E-state index in [0.717, 1.165) is 21.2 Å². The molecule has 4 nitrogen and oxygen atoms in total. The molecule has 3 aromatic rings. The zero-order valence-electron chi connectivity index (χ0n) is 14.8. The minimum absolute atomic E-state index is 0.248. The van der Waals surface area contributed by atoms with E-state index in [1.165, 1.54) is 0 Å². The van der Waals surface area contributed by atoms with Crippen molar-refractivity contribution in [3.8, 4) is 5.75 Å². The summed E-state index contributed by atoms with van der Waals surface area (Å²) in [6.07, 6.45) is 1.69. The van der Waals surface area contributed by atoms with Crippen LogP contribution in [0.15, 0.2) is 94.0 Å². The number of carbonyl (C=O) groups is 1. The molecule has 0 unspecified atom stereocenters. The summed E-state index contributed by atoms with van der Waals surface area (Å²) >= 11 is 3.46. The van der Waals surface area contributed by atoms with Crippen molar-refractivity contribution in [2.24, 2.45) is 4.99 Å². The molecule has 0 aliphatic carbocycles. The summed E-state index contributed by atoms with van der Waals surface area (Å²) in [6, 6.07) is 24.8. The number of aliphatic imine (C=N–C) groups is 1. The van der Waals surface area contributed by atoms with Gasteiger partial charge in [0.05, 0.1) is 0 Å². The first-order chi connectivity index (χ1) is 13.7. The third kappa shape index (κ3) is 4.21. The highest BCUT2D eigenvalue weighted by molar-refractivity contribution is 9.10. The van der Waals surface area contributed by atoms with Crippen molar-refractivity contribution in [2.45, 2.75) is 6.61 Å². The predicted molar refractivity (Wildman–Crippen MR) is 112 cm³/mol. The zero-order valence-corrected chi connectivity index (χ0v) is 16.4. The van der Waals surface area contributed by atoms with Gasteiger partial charge in [0, 0.05) is 15.6 Å². The van der Waals surface area contributed by atoms with Crippen LogP contribution in [0.25, 0.3) is 6.08 Å². The number of nitrogens with zero attached hydrogens (tertiary/aromatic N) is 1. The summed E-state index contributed by atoms with van der Waals surface area (Å²) in [7, 11) is 0. The Labute approximate surface area is 171 Å². The first-order valence-corrected chi connectivity index (χ1v) is 9.52. The molecule has 0 saturated heterocycles. The summed E-state index contributed by atoms with van der Waals surface area (Å²) in [4.78, 5) is 16.6. The summed E-state index contributed by atoms with van der Waals surface area (Å²) in [5.41, 5.74) is 2.82. The Balaban J connectivity index is 1.58. The lowest BCUT2D eigenvalue weighted by atomic mass is 10.1. The summed E-state index contributed by atoms with van der Waals surface area (Å²) < 4.78 is 12.3. The van der Waals surface area contributed by atoms with Crippen LogP contribution in [0.4, 0.5) is 0 Å². The molecule has 0 N–H and O–H groups in total. The number of benzene rings is 3. The van der Waals surface area contributed by atoms with Crippen molar-refractivity contribution in [1.29, 1.82) is 0 Å². The van der Waals surface area contributed by atoms with Crippen LogP contribution in [0, 0.1) is 0 Å². The fourth-order valence-electron chi connectivity index (χ4n) is 2.78. The van der Waals surface area contributed by atoms with Crippen molar-refractivity contribution in [3.05, 3.63) is 106 Å². The largest absolute Gasteiger partial charge is 0.488 e. The number of rotatable bonds is 5. The average molecular weight is 434 g/mol. The van der Waals surface area contributed by atoms with Crippen LogP contribution in [0.2, 0.25) is 0 Å². The molecular formula is C23H16BrNO3. The number of hydrogen-bond acceptors (Lipinski definition) is 4. The molecule has 0 fully saturated rings. The van der Waals surface area contributed by atoms with Gasteiger partial charge in [0.2, 0.25) is 5.90 Å². The molecule has 1 aliphatic rings. The molecule has 5 heteroatoms. The maximum absolute atomic E-state index is 12.2. The normalized spacial score (nSPS) is 14.7. The first-order valence-electron chi connectivity index (χ1n) is 8.73. The van der Waals surface area contributed by atoms with Crippen LogP contribution in [0.5, 0.6) is 5.75 Å². The first kappa shape index (κ1) is 18.2. The number of para-hydroxylation sites is 1. The second-order valence-corrected chi connectivity index (χ2v) is 7.07. The predicted octanol–water partition coefficient (Wildman–Crippen LogP) is 5.37. The van der Waals surface area contributed by atoms with Gasteiger partial charge in [0.1, 0.15) is 12.4 Å². The Kier molecular flexibility index (Phi) is 5.35. The fourth-order valence-corrected chi connectivity index (χ4v) is 3.23. The van der Waals surface area contributed by atoms with Crippen LogP contribution in [0.1, 0.15) is 16.7 Å². The quantitative estimate of drug-likeness (QED) is 0.401. The highest BCUT2D eigenvalue weighted by atomic mass is 79.9. The summed E-state index contributed by atoms with van der Waals surface area (Å²) in [5.74, 6) is 0.510. The molecule has 0 amide bonds. The minimum Gasteiger partial charge on any atom is -0.488 e. The number of carbonyl (C=O) groups excluding carboxylic acids is 1. The van der Waals surface area contributed by atoms with Gasteiger partial charge in [-0.25, -0.2) is 9.79 Å². The molecule has 138 valence electrons. The van der Waals surface area contributed by atoms with Crippen LogP contribution >= 0.6 is 15.9 Å². The minimum atomic E-state index is -0.472. The van der Waals surface area contributed by atoms with Crippen molar-refractivity contribution in [2.75, 3.05) is 0 Å². The molecule has 0 aromatic heterocycles. The molecule has 3 aromatic carbocycles. The Morgan fingerprint density at radius 2 is 1.75 bits per heavy atom. The van der Waals surface area contributed by atoms with E-state index in [9.17, 15) is 4.79 Å². The second-order valence-electron chi connectivity index (χ2n) is 6.16. The molecule has 0 saturated carbocycles.